The molecule has 22 heteroatoms. The van der Waals surface area contributed by atoms with Gasteiger partial charge >= 0.3 is 42.5 Å². The molecule has 0 radical (unpaired) electrons. The number of rotatable bonds is 8. The highest BCUT2D eigenvalue weighted by atomic mass is 32.1. The molecule has 0 aliphatic heterocycles. The Morgan fingerprint density at radius 3 is 0.968 bits per heavy atom. The highest BCUT2D eigenvalue weighted by Gasteiger charge is 2.81. The summed E-state index contributed by atoms with van der Waals surface area (Å²) >= 11 is 0.233. The standard InChI is InChI=1S/C41H30F18O2S2/c42-35(43)31(27-17-29(62-33(27)60-25-7-3-1-4-8-25)19-11-21(37(46,47)48)15-22(12-19)38(49,50)51)32(36(44,45)41(35,58)59)28-18-30(63-34(28)61-26-9-5-2-6-10-26)20-13-23(39(52,53)54)16-24(14-20)40(55,56)57/h11-18,25-26H,1-10H2. The lowest BCUT2D eigenvalue weighted by atomic mass is 9.95. The van der Waals surface area contributed by atoms with Gasteiger partial charge in [-0.3, -0.25) is 0 Å². The Balaban J connectivity index is 1.53. The molecule has 7 rings (SSSR count). The maximum Gasteiger partial charge on any atom is 0.416 e. The van der Waals surface area contributed by atoms with E-state index in [0.717, 1.165) is 0 Å². The number of halogens is 18. The van der Waals surface area contributed by atoms with Crippen molar-refractivity contribution < 1.29 is 88.5 Å². The Hall–Kier alpha value is -4.08. The fourth-order valence-corrected chi connectivity index (χ4v) is 9.99. The number of thiophene rings is 2. The van der Waals surface area contributed by atoms with Gasteiger partial charge < -0.3 is 9.47 Å². The van der Waals surface area contributed by atoms with Gasteiger partial charge in [0.1, 0.15) is 0 Å². The van der Waals surface area contributed by atoms with Gasteiger partial charge in [0.2, 0.25) is 0 Å². The van der Waals surface area contributed by atoms with Crippen LogP contribution in [-0.4, -0.2) is 30.0 Å². The van der Waals surface area contributed by atoms with Crippen molar-refractivity contribution >= 4 is 33.8 Å². The van der Waals surface area contributed by atoms with Gasteiger partial charge in [0.15, 0.2) is 10.1 Å². The van der Waals surface area contributed by atoms with Crippen molar-refractivity contribution in [2.75, 3.05) is 0 Å². The van der Waals surface area contributed by atoms with Crippen molar-refractivity contribution in [2.45, 2.75) is 119 Å². The van der Waals surface area contributed by atoms with Gasteiger partial charge in [-0.05, 0) is 111 Å². The third kappa shape index (κ3) is 8.99. The zero-order valence-electron chi connectivity index (χ0n) is 31.8. The molecule has 4 aromatic rings. The van der Waals surface area contributed by atoms with Crippen LogP contribution in [0.25, 0.3) is 32.0 Å². The molecular formula is C41H30F18O2S2. The van der Waals surface area contributed by atoms with Crippen LogP contribution in [0.4, 0.5) is 79.0 Å². The molecule has 0 atom stereocenters. The van der Waals surface area contributed by atoms with E-state index in [4.69, 9.17) is 9.47 Å². The monoisotopic (exact) mass is 960 g/mol. The van der Waals surface area contributed by atoms with E-state index in [1.165, 1.54) is 0 Å². The van der Waals surface area contributed by atoms with Gasteiger partial charge in [-0.1, -0.05) is 35.5 Å². The van der Waals surface area contributed by atoms with Gasteiger partial charge in [-0.25, -0.2) is 0 Å². The van der Waals surface area contributed by atoms with Crippen molar-refractivity contribution in [3.63, 3.8) is 0 Å². The highest BCUT2D eigenvalue weighted by molar-refractivity contribution is 7.18. The summed E-state index contributed by atoms with van der Waals surface area (Å²) in [6.07, 6.45) is -19.6. The SMILES string of the molecule is FC(F)(F)c1cc(-c2cc(C3=C(c4cc(-c5cc(C(F)(F)F)cc(C(F)(F)F)c5)sc4OC4CCCCC4)C(F)(F)C(F)(F)C3(F)F)c(OC3CCCCC3)s2)cc(C(F)(F)F)c1. The molecule has 2 saturated carbocycles. The molecule has 2 aromatic carbocycles. The molecule has 0 N–H and O–H groups in total. The summed E-state index contributed by atoms with van der Waals surface area (Å²) in [6, 6.07) is 1.15. The molecule has 344 valence electrons. The largest absolute Gasteiger partial charge is 0.480 e. The molecule has 2 fully saturated rings. The second kappa shape index (κ2) is 16.1. The minimum atomic E-state index is -6.35. The van der Waals surface area contributed by atoms with E-state index in [1.54, 1.807) is 0 Å². The van der Waals surface area contributed by atoms with Crippen LogP contribution in [0.2, 0.25) is 0 Å². The van der Waals surface area contributed by atoms with Crippen molar-refractivity contribution in [1.29, 1.82) is 0 Å². The van der Waals surface area contributed by atoms with E-state index in [-0.39, 0.29) is 84.8 Å². The Morgan fingerprint density at radius 2 is 0.698 bits per heavy atom. The fraction of sp³-hybridized carbons (Fsp3) is 0.463. The molecule has 2 aromatic heterocycles. The lowest BCUT2D eigenvalue weighted by molar-refractivity contribution is -0.254. The molecule has 63 heavy (non-hydrogen) atoms. The smallest absolute Gasteiger partial charge is 0.416 e. The number of hydrogen-bond acceptors (Lipinski definition) is 4. The van der Waals surface area contributed by atoms with Crippen molar-refractivity contribution in [1.82, 2.24) is 0 Å². The number of hydrogen-bond donors (Lipinski definition) is 0. The van der Waals surface area contributed by atoms with Gasteiger partial charge in [0, 0.05) is 32.0 Å². The van der Waals surface area contributed by atoms with Crippen molar-refractivity contribution in [3.8, 4) is 31.0 Å². The topological polar surface area (TPSA) is 18.5 Å². The number of ether oxygens (including phenoxy) is 2. The maximum atomic E-state index is 16.5. The molecule has 0 unspecified atom stereocenters. The average molecular weight is 961 g/mol. The van der Waals surface area contributed by atoms with E-state index in [0.29, 0.717) is 50.7 Å². The van der Waals surface area contributed by atoms with Crippen LogP contribution >= 0.6 is 22.7 Å². The Morgan fingerprint density at radius 1 is 0.413 bits per heavy atom. The summed E-state index contributed by atoms with van der Waals surface area (Å²) in [5.74, 6) is -18.2. The van der Waals surface area contributed by atoms with E-state index < -0.39 is 130 Å². The highest BCUT2D eigenvalue weighted by Crippen LogP contribution is 2.68. The van der Waals surface area contributed by atoms with Crippen LogP contribution in [0.1, 0.15) is 97.6 Å². The fourth-order valence-electron chi connectivity index (χ4n) is 7.85. The molecule has 2 heterocycles. The van der Waals surface area contributed by atoms with E-state index in [9.17, 15) is 52.7 Å². The van der Waals surface area contributed by atoms with E-state index in [1.807, 2.05) is 0 Å². The van der Waals surface area contributed by atoms with Gasteiger partial charge in [0.05, 0.1) is 34.5 Å². The van der Waals surface area contributed by atoms with Crippen LogP contribution in [0.3, 0.4) is 0 Å². The first-order chi connectivity index (χ1) is 29.0. The molecular weight excluding hydrogens is 931 g/mol. The minimum Gasteiger partial charge on any atom is -0.480 e. The summed E-state index contributed by atoms with van der Waals surface area (Å²) in [6.45, 7) is 0. The number of benzene rings is 2. The third-order valence-electron chi connectivity index (χ3n) is 11.0. The molecule has 0 saturated heterocycles. The first-order valence-corrected chi connectivity index (χ1v) is 20.7. The van der Waals surface area contributed by atoms with E-state index >= 15 is 26.3 Å². The van der Waals surface area contributed by atoms with Crippen LogP contribution in [0.5, 0.6) is 10.1 Å². The lowest BCUT2D eigenvalue weighted by Crippen LogP contribution is -2.48. The lowest BCUT2D eigenvalue weighted by Gasteiger charge is -2.26. The number of alkyl halides is 18. The second-order valence-electron chi connectivity index (χ2n) is 15.4. The molecule has 2 nitrogen and oxygen atoms in total. The minimum absolute atomic E-state index is 0.117. The first kappa shape index (κ1) is 46.9. The van der Waals surface area contributed by atoms with Gasteiger partial charge in [0.25, 0.3) is 0 Å². The molecule has 3 aliphatic rings. The second-order valence-corrected chi connectivity index (χ2v) is 17.5. The zero-order valence-corrected chi connectivity index (χ0v) is 33.4. The van der Waals surface area contributed by atoms with E-state index in [2.05, 4.69) is 0 Å². The molecule has 3 aliphatic carbocycles. The molecule has 0 bridgehead atoms. The maximum absolute atomic E-state index is 16.5. The molecule has 0 amide bonds. The van der Waals surface area contributed by atoms with Crippen LogP contribution in [-0.2, 0) is 24.7 Å². The quantitative estimate of drug-likeness (QED) is 0.164. The van der Waals surface area contributed by atoms with Gasteiger partial charge in [-0.15, -0.1) is 0 Å². The third-order valence-corrected chi connectivity index (χ3v) is 13.1. The zero-order chi connectivity index (χ0) is 46.3. The van der Waals surface area contributed by atoms with Crippen LogP contribution in [0.15, 0.2) is 48.5 Å². The van der Waals surface area contributed by atoms with Crippen LogP contribution in [0, 0.1) is 0 Å². The summed E-state index contributed by atoms with van der Waals surface area (Å²) < 4.78 is 276. The predicted octanol–water partition coefficient (Wildman–Crippen LogP) is 16.5. The van der Waals surface area contributed by atoms with Crippen molar-refractivity contribution in [3.05, 3.63) is 81.9 Å². The van der Waals surface area contributed by atoms with Crippen LogP contribution < -0.4 is 9.47 Å². The summed E-state index contributed by atoms with van der Waals surface area (Å²) in [7, 11) is 0. The Kier molecular flexibility index (Phi) is 12.0. The Bertz CT molecular complexity index is 2140. The Labute approximate surface area is 353 Å². The summed E-state index contributed by atoms with van der Waals surface area (Å²) in [5, 5.41) is -1.72. The average Bonchev–Trinajstić information content (AvgIpc) is 3.81. The van der Waals surface area contributed by atoms with Crippen molar-refractivity contribution in [2.24, 2.45) is 0 Å². The number of allylic oxidation sites excluding steroid dienone is 2. The normalized spacial score (nSPS) is 20.1. The predicted molar refractivity (Wildman–Crippen MR) is 196 cm³/mol. The first-order valence-electron chi connectivity index (χ1n) is 19.1. The van der Waals surface area contributed by atoms with Gasteiger partial charge in [-0.2, -0.15) is 79.0 Å². The molecule has 0 spiro atoms. The summed E-state index contributed by atoms with van der Waals surface area (Å²) in [5.41, 5.74) is -16.3. The summed E-state index contributed by atoms with van der Waals surface area (Å²) in [4.78, 5) is -1.47.